The number of anilines is 1. The highest BCUT2D eigenvalue weighted by molar-refractivity contribution is 7.90. The van der Waals surface area contributed by atoms with Crippen LogP contribution in [0.3, 0.4) is 0 Å². The molecule has 29 heavy (non-hydrogen) atoms. The predicted octanol–water partition coefficient (Wildman–Crippen LogP) is 1.62. The Morgan fingerprint density at radius 3 is 2.66 bits per heavy atom. The van der Waals surface area contributed by atoms with Crippen LogP contribution in [-0.2, 0) is 14.6 Å². The molecule has 1 spiro atoms. The molecule has 3 heterocycles. The maximum absolute atomic E-state index is 12.1. The fourth-order valence-electron chi connectivity index (χ4n) is 5.09. The molecule has 9 heteroatoms. The van der Waals surface area contributed by atoms with Gasteiger partial charge < -0.3 is 14.5 Å². The summed E-state index contributed by atoms with van der Waals surface area (Å²) in [6.45, 7) is 7.25. The lowest BCUT2D eigenvalue weighted by Crippen LogP contribution is -2.58. The number of pyridine rings is 1. The normalized spacial score (nSPS) is 24.6. The van der Waals surface area contributed by atoms with Crippen LogP contribution in [-0.4, -0.2) is 87.5 Å². The summed E-state index contributed by atoms with van der Waals surface area (Å²) in [6, 6.07) is 3.85. The van der Waals surface area contributed by atoms with E-state index in [1.165, 1.54) is 6.26 Å². The lowest BCUT2D eigenvalue weighted by Gasteiger charge is -2.48. The summed E-state index contributed by atoms with van der Waals surface area (Å²) >= 11 is 0. The van der Waals surface area contributed by atoms with Crippen molar-refractivity contribution in [1.82, 2.24) is 14.8 Å². The molecule has 4 rings (SSSR count). The highest BCUT2D eigenvalue weighted by Crippen LogP contribution is 2.47. The summed E-state index contributed by atoms with van der Waals surface area (Å²) < 4.78 is 29.3. The summed E-state index contributed by atoms with van der Waals surface area (Å²) in [5.74, 6) is 0.571. The largest absolute Gasteiger partial charge is 0.450 e. The van der Waals surface area contributed by atoms with Gasteiger partial charge >= 0.3 is 6.09 Å². The van der Waals surface area contributed by atoms with E-state index in [1.54, 1.807) is 18.3 Å². The van der Waals surface area contributed by atoms with Gasteiger partial charge in [0.2, 0.25) is 0 Å². The van der Waals surface area contributed by atoms with Crippen molar-refractivity contribution in [3.05, 3.63) is 18.3 Å². The van der Waals surface area contributed by atoms with Crippen LogP contribution in [0.4, 0.5) is 10.6 Å². The molecule has 1 atom stereocenters. The van der Waals surface area contributed by atoms with E-state index in [2.05, 4.69) is 14.8 Å². The van der Waals surface area contributed by atoms with E-state index in [0.717, 1.165) is 58.5 Å². The first-order chi connectivity index (χ1) is 13.8. The number of likely N-dealkylation sites (tertiary alicyclic amines) is 1. The van der Waals surface area contributed by atoms with Gasteiger partial charge in [-0.2, -0.15) is 0 Å². The van der Waals surface area contributed by atoms with Crippen molar-refractivity contribution in [3.8, 4) is 0 Å². The molecule has 1 amide bonds. The third-order valence-electron chi connectivity index (χ3n) is 6.54. The van der Waals surface area contributed by atoms with Gasteiger partial charge in [0, 0.05) is 63.2 Å². The van der Waals surface area contributed by atoms with Crippen LogP contribution in [0, 0.1) is 5.41 Å². The molecule has 1 saturated carbocycles. The monoisotopic (exact) mass is 422 g/mol. The minimum absolute atomic E-state index is 0.188. The molecule has 0 N–H and O–H groups in total. The number of hydrogen-bond donors (Lipinski definition) is 0. The number of carbonyl (C=O) groups is 1. The van der Waals surface area contributed by atoms with Crippen molar-refractivity contribution in [1.29, 1.82) is 0 Å². The number of ether oxygens (including phenoxy) is 1. The van der Waals surface area contributed by atoms with E-state index < -0.39 is 9.84 Å². The fourth-order valence-corrected chi connectivity index (χ4v) is 5.93. The van der Waals surface area contributed by atoms with E-state index in [1.807, 2.05) is 11.8 Å². The molecular weight excluding hydrogens is 392 g/mol. The van der Waals surface area contributed by atoms with Gasteiger partial charge in [-0.05, 0) is 38.3 Å². The smallest absolute Gasteiger partial charge is 0.409 e. The molecule has 2 saturated heterocycles. The van der Waals surface area contributed by atoms with Crippen LogP contribution in [0.25, 0.3) is 0 Å². The topological polar surface area (TPSA) is 83.1 Å². The third-order valence-corrected chi connectivity index (χ3v) is 7.65. The Hall–Kier alpha value is -1.87. The van der Waals surface area contributed by atoms with Gasteiger partial charge in [-0.1, -0.05) is 0 Å². The summed E-state index contributed by atoms with van der Waals surface area (Å²) in [4.78, 5) is 23.0. The van der Waals surface area contributed by atoms with Crippen molar-refractivity contribution < 1.29 is 17.9 Å². The Bertz CT molecular complexity index is 861. The first-order valence-electron chi connectivity index (χ1n) is 10.4. The van der Waals surface area contributed by atoms with Crippen molar-refractivity contribution in [3.63, 3.8) is 0 Å². The molecule has 1 aromatic rings. The second kappa shape index (κ2) is 7.75. The molecule has 1 unspecified atom stereocenters. The molecule has 1 aromatic heterocycles. The minimum atomic E-state index is -3.30. The molecule has 2 aliphatic heterocycles. The van der Waals surface area contributed by atoms with Gasteiger partial charge in [-0.25, -0.2) is 18.2 Å². The zero-order valence-corrected chi connectivity index (χ0v) is 18.0. The summed E-state index contributed by atoms with van der Waals surface area (Å²) in [5, 5.41) is 0. The highest BCUT2D eigenvalue weighted by atomic mass is 32.2. The maximum atomic E-state index is 12.1. The van der Waals surface area contributed by atoms with E-state index in [9.17, 15) is 13.2 Å². The van der Waals surface area contributed by atoms with Crippen molar-refractivity contribution in [2.75, 3.05) is 57.0 Å². The summed E-state index contributed by atoms with van der Waals surface area (Å²) in [6.07, 6.45) is 6.15. The SMILES string of the molecule is CCOC(=O)N1CC2(CCC(N3CCN(c4ncccc4S(C)(=O)=O)CC3)C2)C1. The molecule has 8 nitrogen and oxygen atoms in total. The average molecular weight is 423 g/mol. The number of sulfone groups is 1. The summed E-state index contributed by atoms with van der Waals surface area (Å²) in [5.41, 5.74) is 0.263. The van der Waals surface area contributed by atoms with E-state index in [-0.39, 0.29) is 11.5 Å². The Morgan fingerprint density at radius 2 is 2.00 bits per heavy atom. The Morgan fingerprint density at radius 1 is 1.28 bits per heavy atom. The van der Waals surface area contributed by atoms with Gasteiger partial charge in [0.15, 0.2) is 9.84 Å². The average Bonchev–Trinajstić information content (AvgIpc) is 3.12. The molecule has 0 aromatic carbocycles. The molecule has 0 bridgehead atoms. The number of rotatable bonds is 4. The lowest BCUT2D eigenvalue weighted by atomic mass is 9.78. The van der Waals surface area contributed by atoms with Crippen LogP contribution in [0.5, 0.6) is 0 Å². The second-order valence-electron chi connectivity index (χ2n) is 8.57. The van der Waals surface area contributed by atoms with Gasteiger partial charge in [0.1, 0.15) is 10.7 Å². The van der Waals surface area contributed by atoms with Gasteiger partial charge in [-0.15, -0.1) is 0 Å². The van der Waals surface area contributed by atoms with E-state index in [4.69, 9.17) is 4.74 Å². The number of nitrogens with zero attached hydrogens (tertiary/aromatic N) is 4. The van der Waals surface area contributed by atoms with Crippen molar-refractivity contribution >= 4 is 21.7 Å². The number of piperazine rings is 1. The van der Waals surface area contributed by atoms with Gasteiger partial charge in [0.05, 0.1) is 6.61 Å². The second-order valence-corrected chi connectivity index (χ2v) is 10.6. The van der Waals surface area contributed by atoms with Gasteiger partial charge in [-0.3, -0.25) is 4.90 Å². The van der Waals surface area contributed by atoms with Crippen LogP contribution < -0.4 is 4.90 Å². The standard InChI is InChI=1S/C20H30N4O4S/c1-3-28-19(25)24-14-20(15-24)7-6-16(13-20)22-9-11-23(12-10-22)18-17(29(2,26)27)5-4-8-21-18/h4-5,8,16H,3,6-7,9-15H2,1-2H3. The molecule has 1 aliphatic carbocycles. The summed E-state index contributed by atoms with van der Waals surface area (Å²) in [7, 11) is -3.30. The maximum Gasteiger partial charge on any atom is 0.409 e. The van der Waals surface area contributed by atoms with Crippen LogP contribution >= 0.6 is 0 Å². The number of amides is 1. The Balaban J connectivity index is 1.32. The van der Waals surface area contributed by atoms with Crippen molar-refractivity contribution in [2.45, 2.75) is 37.1 Å². The Kier molecular flexibility index (Phi) is 5.46. The zero-order chi connectivity index (χ0) is 20.6. The molecule has 0 radical (unpaired) electrons. The zero-order valence-electron chi connectivity index (χ0n) is 17.2. The van der Waals surface area contributed by atoms with E-state index >= 15 is 0 Å². The minimum Gasteiger partial charge on any atom is -0.450 e. The number of hydrogen-bond acceptors (Lipinski definition) is 7. The predicted molar refractivity (Wildman–Crippen MR) is 110 cm³/mol. The molecule has 3 fully saturated rings. The molecular formula is C20H30N4O4S. The third kappa shape index (κ3) is 4.07. The first kappa shape index (κ1) is 20.4. The van der Waals surface area contributed by atoms with Crippen LogP contribution in [0.2, 0.25) is 0 Å². The van der Waals surface area contributed by atoms with E-state index in [0.29, 0.717) is 23.4 Å². The lowest BCUT2D eigenvalue weighted by molar-refractivity contribution is -0.00294. The van der Waals surface area contributed by atoms with Crippen LogP contribution in [0.15, 0.2) is 23.2 Å². The van der Waals surface area contributed by atoms with Crippen molar-refractivity contribution in [2.24, 2.45) is 5.41 Å². The molecule has 3 aliphatic rings. The fraction of sp³-hybridized carbons (Fsp3) is 0.700. The van der Waals surface area contributed by atoms with Gasteiger partial charge in [0.25, 0.3) is 0 Å². The molecule has 160 valence electrons. The van der Waals surface area contributed by atoms with Crippen LogP contribution in [0.1, 0.15) is 26.2 Å². The quantitative estimate of drug-likeness (QED) is 0.729. The number of aromatic nitrogens is 1. The first-order valence-corrected chi connectivity index (χ1v) is 12.3. The Labute approximate surface area is 172 Å². The number of carbonyl (C=O) groups excluding carboxylic acids is 1. The highest BCUT2D eigenvalue weighted by Gasteiger charge is 2.51.